The maximum atomic E-state index is 12.6. The second-order valence-electron chi connectivity index (χ2n) is 5.63. The Morgan fingerprint density at radius 2 is 2.38 bits per heavy atom. The van der Waals surface area contributed by atoms with Crippen LogP contribution in [0.5, 0.6) is 0 Å². The molecule has 0 aliphatic carbocycles. The van der Waals surface area contributed by atoms with Gasteiger partial charge in [-0.25, -0.2) is 4.98 Å². The van der Waals surface area contributed by atoms with E-state index in [-0.39, 0.29) is 23.0 Å². The molecule has 24 heavy (non-hydrogen) atoms. The second kappa shape index (κ2) is 8.69. The quantitative estimate of drug-likeness (QED) is 0.600. The van der Waals surface area contributed by atoms with Crippen molar-refractivity contribution in [1.29, 1.82) is 5.26 Å². The second-order valence-corrected chi connectivity index (χ2v) is 6.99. The summed E-state index contributed by atoms with van der Waals surface area (Å²) in [5.41, 5.74) is 0.521. The zero-order chi connectivity index (χ0) is 17.5. The summed E-state index contributed by atoms with van der Waals surface area (Å²) in [4.78, 5) is 30.5. The summed E-state index contributed by atoms with van der Waals surface area (Å²) in [5.74, 6) is -0.475. The molecule has 0 spiro atoms. The lowest BCUT2D eigenvalue weighted by Crippen LogP contribution is -2.45. The highest BCUT2D eigenvalue weighted by atomic mass is 32.2. The van der Waals surface area contributed by atoms with E-state index in [1.807, 2.05) is 6.92 Å². The number of pyridine rings is 1. The van der Waals surface area contributed by atoms with Gasteiger partial charge in [0.15, 0.2) is 0 Å². The number of ether oxygens (including phenoxy) is 1. The van der Waals surface area contributed by atoms with E-state index in [4.69, 9.17) is 10.00 Å². The number of carbonyl (C=O) groups is 2. The Kier molecular flexibility index (Phi) is 6.62. The van der Waals surface area contributed by atoms with Crippen LogP contribution in [0.25, 0.3) is 0 Å². The molecule has 2 rings (SSSR count). The van der Waals surface area contributed by atoms with E-state index >= 15 is 0 Å². The number of nitriles is 1. The molecule has 1 aromatic rings. The van der Waals surface area contributed by atoms with Crippen LogP contribution in [-0.4, -0.2) is 46.7 Å². The molecule has 0 radical (unpaired) electrons. The van der Waals surface area contributed by atoms with Crippen LogP contribution in [0.3, 0.4) is 0 Å². The van der Waals surface area contributed by atoms with E-state index in [9.17, 15) is 9.59 Å². The van der Waals surface area contributed by atoms with Crippen LogP contribution in [0.1, 0.15) is 32.3 Å². The van der Waals surface area contributed by atoms with Gasteiger partial charge in [-0.15, -0.1) is 0 Å². The molecule has 0 saturated carbocycles. The Balaban J connectivity index is 1.96. The van der Waals surface area contributed by atoms with Crippen molar-refractivity contribution in [2.24, 2.45) is 5.92 Å². The molecule has 0 bridgehead atoms. The third kappa shape index (κ3) is 4.71. The van der Waals surface area contributed by atoms with Crippen LogP contribution in [0, 0.1) is 17.2 Å². The number of hydrogen-bond acceptors (Lipinski definition) is 6. The lowest BCUT2D eigenvalue weighted by Gasteiger charge is -2.33. The molecule has 2 atom stereocenters. The highest BCUT2D eigenvalue weighted by Gasteiger charge is 2.31. The lowest BCUT2D eigenvalue weighted by atomic mass is 9.98. The fourth-order valence-electron chi connectivity index (χ4n) is 2.66. The number of piperidine rings is 1. The SMILES string of the molecule is CCOC(=O)[C@@H]1CCCN(C(=O)[C@H](C)Sc2cc(C#N)ccn2)C1. The Bertz CT molecular complexity index is 644. The van der Waals surface area contributed by atoms with Gasteiger partial charge in [-0.1, -0.05) is 11.8 Å². The summed E-state index contributed by atoms with van der Waals surface area (Å²) in [6, 6.07) is 5.37. The third-order valence-corrected chi connectivity index (χ3v) is 4.88. The van der Waals surface area contributed by atoms with Gasteiger partial charge in [0.2, 0.25) is 5.91 Å². The van der Waals surface area contributed by atoms with Crippen molar-refractivity contribution in [3.63, 3.8) is 0 Å². The van der Waals surface area contributed by atoms with Gasteiger partial charge in [0.05, 0.1) is 34.4 Å². The first-order chi connectivity index (χ1) is 11.5. The molecule has 1 aliphatic rings. The molecule has 0 unspecified atom stereocenters. The number of nitrogens with zero attached hydrogens (tertiary/aromatic N) is 3. The molecule has 1 amide bonds. The minimum Gasteiger partial charge on any atom is -0.466 e. The maximum Gasteiger partial charge on any atom is 0.310 e. The van der Waals surface area contributed by atoms with E-state index < -0.39 is 0 Å². The van der Waals surface area contributed by atoms with E-state index in [2.05, 4.69) is 11.1 Å². The molecule has 1 aromatic heterocycles. The summed E-state index contributed by atoms with van der Waals surface area (Å²) in [5, 5.41) is 9.25. The van der Waals surface area contributed by atoms with Crippen LogP contribution < -0.4 is 0 Å². The number of hydrogen-bond donors (Lipinski definition) is 0. The first-order valence-corrected chi connectivity index (χ1v) is 8.91. The topological polar surface area (TPSA) is 83.3 Å². The van der Waals surface area contributed by atoms with Crippen molar-refractivity contribution < 1.29 is 14.3 Å². The normalized spacial score (nSPS) is 18.5. The minimum atomic E-state index is -0.326. The predicted molar refractivity (Wildman–Crippen MR) is 90.2 cm³/mol. The van der Waals surface area contributed by atoms with E-state index in [1.165, 1.54) is 11.8 Å². The molecule has 2 heterocycles. The Morgan fingerprint density at radius 1 is 1.58 bits per heavy atom. The van der Waals surface area contributed by atoms with Gasteiger partial charge in [0.25, 0.3) is 0 Å². The van der Waals surface area contributed by atoms with E-state index in [1.54, 1.807) is 30.2 Å². The molecule has 0 aromatic carbocycles. The zero-order valence-corrected chi connectivity index (χ0v) is 14.7. The van der Waals surface area contributed by atoms with Gasteiger partial charge < -0.3 is 9.64 Å². The van der Waals surface area contributed by atoms with Gasteiger partial charge in [0.1, 0.15) is 0 Å². The smallest absolute Gasteiger partial charge is 0.310 e. The van der Waals surface area contributed by atoms with Gasteiger partial charge in [-0.2, -0.15) is 5.26 Å². The van der Waals surface area contributed by atoms with E-state index in [0.29, 0.717) is 30.3 Å². The zero-order valence-electron chi connectivity index (χ0n) is 13.9. The van der Waals surface area contributed by atoms with Crippen LogP contribution >= 0.6 is 11.8 Å². The first kappa shape index (κ1) is 18.3. The number of likely N-dealkylation sites (tertiary alicyclic amines) is 1. The van der Waals surface area contributed by atoms with Crippen molar-refractivity contribution in [3.8, 4) is 6.07 Å². The number of amides is 1. The molecule has 1 saturated heterocycles. The first-order valence-electron chi connectivity index (χ1n) is 8.03. The molecular formula is C17H21N3O3S. The standard InChI is InChI=1S/C17H21N3O3S/c1-3-23-17(22)14-5-4-8-20(11-14)16(21)12(2)24-15-9-13(10-18)6-7-19-15/h6-7,9,12,14H,3-5,8,11H2,1-2H3/t12-,14+/m0/s1. The monoisotopic (exact) mass is 347 g/mol. The van der Waals surface area contributed by atoms with Crippen LogP contribution in [0.2, 0.25) is 0 Å². The van der Waals surface area contributed by atoms with E-state index in [0.717, 1.165) is 12.8 Å². The number of esters is 1. The Morgan fingerprint density at radius 3 is 3.08 bits per heavy atom. The van der Waals surface area contributed by atoms with Crippen LogP contribution in [0.4, 0.5) is 0 Å². The number of carbonyl (C=O) groups excluding carboxylic acids is 2. The van der Waals surface area contributed by atoms with Gasteiger partial charge in [-0.3, -0.25) is 9.59 Å². The third-order valence-electron chi connectivity index (χ3n) is 3.86. The number of thioether (sulfide) groups is 1. The molecular weight excluding hydrogens is 326 g/mol. The van der Waals surface area contributed by atoms with Gasteiger partial charge in [-0.05, 0) is 38.8 Å². The molecule has 1 aliphatic heterocycles. The Labute approximate surface area is 146 Å². The van der Waals surface area contributed by atoms with Crippen molar-refractivity contribution in [3.05, 3.63) is 23.9 Å². The highest BCUT2D eigenvalue weighted by molar-refractivity contribution is 8.00. The summed E-state index contributed by atoms with van der Waals surface area (Å²) in [7, 11) is 0. The van der Waals surface area contributed by atoms with Crippen LogP contribution in [0.15, 0.2) is 23.4 Å². The fraction of sp³-hybridized carbons (Fsp3) is 0.529. The molecule has 0 N–H and O–H groups in total. The summed E-state index contributed by atoms with van der Waals surface area (Å²) in [6.45, 7) is 5.03. The molecule has 128 valence electrons. The van der Waals surface area contributed by atoms with Gasteiger partial charge in [0, 0.05) is 19.3 Å². The lowest BCUT2D eigenvalue weighted by molar-refractivity contribution is -0.151. The minimum absolute atomic E-state index is 0.0156. The summed E-state index contributed by atoms with van der Waals surface area (Å²) < 4.78 is 5.07. The predicted octanol–water partition coefficient (Wildman–Crippen LogP) is 2.24. The summed E-state index contributed by atoms with van der Waals surface area (Å²) >= 11 is 1.33. The number of aromatic nitrogens is 1. The van der Waals surface area contributed by atoms with Crippen molar-refractivity contribution >= 4 is 23.6 Å². The fourth-order valence-corrected chi connectivity index (χ4v) is 3.59. The number of rotatable bonds is 5. The molecule has 1 fully saturated rings. The Hall–Kier alpha value is -2.07. The average molecular weight is 347 g/mol. The highest BCUT2D eigenvalue weighted by Crippen LogP contribution is 2.25. The molecule has 7 heteroatoms. The average Bonchev–Trinajstić information content (AvgIpc) is 2.61. The van der Waals surface area contributed by atoms with Crippen molar-refractivity contribution in [2.75, 3.05) is 19.7 Å². The summed E-state index contributed by atoms with van der Waals surface area (Å²) in [6.07, 6.45) is 3.13. The van der Waals surface area contributed by atoms with Crippen LogP contribution in [-0.2, 0) is 14.3 Å². The largest absolute Gasteiger partial charge is 0.466 e. The molecule has 6 nitrogen and oxygen atoms in total. The van der Waals surface area contributed by atoms with Crippen molar-refractivity contribution in [1.82, 2.24) is 9.88 Å². The maximum absolute atomic E-state index is 12.6. The van der Waals surface area contributed by atoms with Crippen molar-refractivity contribution in [2.45, 2.75) is 37.0 Å². The van der Waals surface area contributed by atoms with Gasteiger partial charge >= 0.3 is 5.97 Å².